The predicted molar refractivity (Wildman–Crippen MR) is 129 cm³/mol. The third kappa shape index (κ3) is 4.41. The molecule has 0 amide bonds. The summed E-state index contributed by atoms with van der Waals surface area (Å²) in [5.74, 6) is 1.30. The number of hydrogen-bond donors (Lipinski definition) is 3. The van der Waals surface area contributed by atoms with Crippen molar-refractivity contribution in [2.75, 3.05) is 12.1 Å². The Labute approximate surface area is 204 Å². The molecule has 6 unspecified atom stereocenters. The number of imidazole rings is 1. The van der Waals surface area contributed by atoms with E-state index >= 15 is 0 Å². The highest BCUT2D eigenvalue weighted by atomic mass is 31.2. The number of aliphatic hydroxyl groups is 2. The van der Waals surface area contributed by atoms with Crippen LogP contribution in [0.4, 0.5) is 5.82 Å². The maximum Gasteiger partial charge on any atom is 0.331 e. The lowest BCUT2D eigenvalue weighted by atomic mass is 9.88. The maximum atomic E-state index is 12.9. The van der Waals surface area contributed by atoms with E-state index in [0.29, 0.717) is 42.1 Å². The van der Waals surface area contributed by atoms with E-state index in [-0.39, 0.29) is 6.42 Å². The first-order valence-electron chi connectivity index (χ1n) is 12.1. The van der Waals surface area contributed by atoms with Gasteiger partial charge in [0.05, 0.1) is 17.4 Å². The summed E-state index contributed by atoms with van der Waals surface area (Å²) in [5, 5.41) is 28.1. The predicted octanol–water partition coefficient (Wildman–Crippen LogP) is 1.92. The number of hydrogen-bond acceptors (Lipinski definition) is 9. The van der Waals surface area contributed by atoms with Gasteiger partial charge in [0.15, 0.2) is 24.3 Å². The number of aliphatic hydroxyl groups excluding tert-OH is 2. The molecule has 0 aliphatic carbocycles. The second-order valence-corrected chi connectivity index (χ2v) is 11.7. The van der Waals surface area contributed by atoms with Crippen LogP contribution in [0.3, 0.4) is 0 Å². The van der Waals surface area contributed by atoms with Crippen LogP contribution in [-0.4, -0.2) is 72.1 Å². The highest BCUT2D eigenvalue weighted by Gasteiger charge is 2.51. The minimum absolute atomic E-state index is 0.151. The van der Waals surface area contributed by atoms with Crippen molar-refractivity contribution in [1.82, 2.24) is 14.5 Å². The zero-order valence-corrected chi connectivity index (χ0v) is 22.0. The molecule has 4 heterocycles. The standard InChI is InChI=1S/C22H35N6O6P/c1-7-13(4)35(31,32)34-22(8-2,9-3)10-15-17(29)18(30)21(33-15)28-12-27-14(5)25-26(6)19-16(27)20(28)24-11-23-19/h11-13,15,17-18,21,29-30H,7-10H2,1-6H3/p+1. The molecule has 2 aromatic heterocycles. The van der Waals surface area contributed by atoms with Gasteiger partial charge in [-0.3, -0.25) is 4.57 Å². The fourth-order valence-electron chi connectivity index (χ4n) is 4.78. The Kier molecular flexibility index (Phi) is 7.09. The quantitative estimate of drug-likeness (QED) is 0.339. The lowest BCUT2D eigenvalue weighted by molar-refractivity contribution is -0.745. The van der Waals surface area contributed by atoms with Gasteiger partial charge >= 0.3 is 13.2 Å². The van der Waals surface area contributed by atoms with Gasteiger partial charge in [-0.25, -0.2) is 14.1 Å². The summed E-state index contributed by atoms with van der Waals surface area (Å²) in [6.45, 7) is 9.13. The van der Waals surface area contributed by atoms with Gasteiger partial charge < -0.3 is 24.4 Å². The summed E-state index contributed by atoms with van der Waals surface area (Å²) in [5.41, 5.74) is -0.263. The molecule has 1 fully saturated rings. The Morgan fingerprint density at radius 3 is 2.57 bits per heavy atom. The van der Waals surface area contributed by atoms with E-state index in [4.69, 9.17) is 9.26 Å². The number of nitrogens with zero attached hydrogens (tertiary/aromatic N) is 6. The van der Waals surface area contributed by atoms with Crippen molar-refractivity contribution in [2.24, 2.45) is 5.10 Å². The van der Waals surface area contributed by atoms with Gasteiger partial charge in [0.1, 0.15) is 12.2 Å². The van der Waals surface area contributed by atoms with E-state index in [2.05, 4.69) is 15.1 Å². The van der Waals surface area contributed by atoms with Crippen molar-refractivity contribution >= 4 is 30.4 Å². The Bertz CT molecular complexity index is 1170. The molecule has 2 aliphatic rings. The molecule has 194 valence electrons. The smallest absolute Gasteiger partial charge is 0.331 e. The van der Waals surface area contributed by atoms with Crippen LogP contribution in [0, 0.1) is 0 Å². The first-order chi connectivity index (χ1) is 16.5. The van der Waals surface area contributed by atoms with Crippen LogP contribution >= 0.6 is 7.60 Å². The summed E-state index contributed by atoms with van der Waals surface area (Å²) >= 11 is 0. The lowest BCUT2D eigenvalue weighted by Crippen LogP contribution is -2.46. The molecule has 13 heteroatoms. The van der Waals surface area contributed by atoms with Gasteiger partial charge in [-0.15, -0.1) is 5.10 Å². The fraction of sp³-hybridized carbons (Fsp3) is 0.727. The van der Waals surface area contributed by atoms with Crippen molar-refractivity contribution in [3.8, 4) is 0 Å². The average Bonchev–Trinajstić information content (AvgIpc) is 3.35. The van der Waals surface area contributed by atoms with Gasteiger partial charge in [-0.1, -0.05) is 32.7 Å². The molecule has 3 N–H and O–H groups in total. The number of hydrazone groups is 1. The molecule has 0 bridgehead atoms. The molecular formula is C22H36N6O6P+. The Morgan fingerprint density at radius 2 is 1.94 bits per heavy atom. The van der Waals surface area contributed by atoms with Gasteiger partial charge in [0.25, 0.3) is 0 Å². The second-order valence-electron chi connectivity index (χ2n) is 9.49. The van der Waals surface area contributed by atoms with E-state index < -0.39 is 43.4 Å². The van der Waals surface area contributed by atoms with Crippen LogP contribution in [0.5, 0.6) is 0 Å². The SMILES string of the molecule is CCC(C)P(=O)(O)OC(CC)(CC)CC1OC([n+]2cn3c4c(ncnc42)N(C)N=C3C)C(O)C1O. The van der Waals surface area contributed by atoms with Gasteiger partial charge in [-0.2, -0.15) is 4.98 Å². The molecule has 0 radical (unpaired) electrons. The third-order valence-electron chi connectivity index (χ3n) is 7.40. The first kappa shape index (κ1) is 26.1. The molecule has 1 saturated heterocycles. The zero-order valence-electron chi connectivity index (χ0n) is 21.1. The summed E-state index contributed by atoms with van der Waals surface area (Å²) in [6.07, 6.45) is 0.471. The number of ether oxygens (including phenoxy) is 1. The summed E-state index contributed by atoms with van der Waals surface area (Å²) < 4.78 is 28.5. The summed E-state index contributed by atoms with van der Waals surface area (Å²) in [6, 6.07) is 0. The number of anilines is 1. The molecular weight excluding hydrogens is 475 g/mol. The van der Waals surface area contributed by atoms with Crippen molar-refractivity contribution in [3.63, 3.8) is 0 Å². The van der Waals surface area contributed by atoms with Crippen LogP contribution in [0.25, 0.3) is 11.2 Å². The molecule has 0 saturated carbocycles. The molecule has 6 atom stereocenters. The zero-order chi connectivity index (χ0) is 25.7. The second kappa shape index (κ2) is 9.49. The first-order valence-corrected chi connectivity index (χ1v) is 13.7. The van der Waals surface area contributed by atoms with Crippen molar-refractivity contribution in [2.45, 2.75) is 96.1 Å². The minimum atomic E-state index is -3.89. The largest absolute Gasteiger partial charge is 0.387 e. The maximum absolute atomic E-state index is 12.9. The minimum Gasteiger partial charge on any atom is -0.387 e. The van der Waals surface area contributed by atoms with Crippen molar-refractivity contribution < 1.29 is 33.5 Å². The Balaban J connectivity index is 1.65. The van der Waals surface area contributed by atoms with Gasteiger partial charge in [0.2, 0.25) is 11.7 Å². The lowest BCUT2D eigenvalue weighted by Gasteiger charge is -2.37. The Hall–Kier alpha value is -1.95. The molecule has 2 aromatic rings. The van der Waals surface area contributed by atoms with E-state index in [9.17, 15) is 19.7 Å². The van der Waals surface area contributed by atoms with Crippen molar-refractivity contribution in [3.05, 3.63) is 12.7 Å². The molecule has 35 heavy (non-hydrogen) atoms. The van der Waals surface area contributed by atoms with E-state index in [1.807, 2.05) is 32.3 Å². The highest BCUT2D eigenvalue weighted by molar-refractivity contribution is 7.53. The van der Waals surface area contributed by atoms with E-state index in [0.717, 1.165) is 0 Å². The van der Waals surface area contributed by atoms with Crippen LogP contribution < -0.4 is 9.58 Å². The molecule has 0 spiro atoms. The molecule has 0 aromatic carbocycles. The van der Waals surface area contributed by atoms with Crippen LogP contribution in [0.15, 0.2) is 17.8 Å². The molecule has 12 nitrogen and oxygen atoms in total. The number of rotatable bonds is 9. The molecule has 4 rings (SSSR count). The normalized spacial score (nSPS) is 27.2. The van der Waals surface area contributed by atoms with Crippen molar-refractivity contribution in [1.29, 1.82) is 0 Å². The van der Waals surface area contributed by atoms with Gasteiger partial charge in [0, 0.05) is 20.4 Å². The Morgan fingerprint density at radius 1 is 1.26 bits per heavy atom. The van der Waals surface area contributed by atoms with Crippen LogP contribution in [-0.2, 0) is 13.8 Å². The third-order valence-corrected chi connectivity index (χ3v) is 9.53. The number of aromatic nitrogens is 4. The fourth-order valence-corrected chi connectivity index (χ4v) is 6.31. The van der Waals surface area contributed by atoms with E-state index in [1.165, 1.54) is 6.33 Å². The monoisotopic (exact) mass is 511 g/mol. The topological polar surface area (TPSA) is 146 Å². The van der Waals surface area contributed by atoms with Crippen LogP contribution in [0.1, 0.15) is 66.5 Å². The highest BCUT2D eigenvalue weighted by Crippen LogP contribution is 2.54. The molecule has 2 aliphatic heterocycles. The summed E-state index contributed by atoms with van der Waals surface area (Å²) in [4.78, 5) is 19.3. The van der Waals surface area contributed by atoms with Gasteiger partial charge in [-0.05, 0) is 19.3 Å². The summed E-state index contributed by atoms with van der Waals surface area (Å²) in [7, 11) is -2.10. The van der Waals surface area contributed by atoms with Crippen LogP contribution in [0.2, 0.25) is 0 Å². The van der Waals surface area contributed by atoms with E-state index in [1.54, 1.807) is 29.9 Å². The average molecular weight is 512 g/mol.